The summed E-state index contributed by atoms with van der Waals surface area (Å²) < 4.78 is 34.7. The molecular weight excluding hydrogens is 661 g/mol. The molecule has 51 heavy (non-hydrogen) atoms. The highest BCUT2D eigenvalue weighted by molar-refractivity contribution is 7.47. The molecule has 0 spiro atoms. The Balaban J connectivity index is 4.34. The number of hydrogen-bond acceptors (Lipinski definition) is 6. The van der Waals surface area contributed by atoms with E-state index in [1.54, 1.807) is 6.26 Å². The first-order valence-corrected chi connectivity index (χ1v) is 22.3. The van der Waals surface area contributed by atoms with E-state index in [-0.39, 0.29) is 25.8 Å². The fraction of sp³-hybridized carbons (Fsp3) is 0.833. The molecule has 0 aromatic carbocycles. The van der Waals surface area contributed by atoms with Gasteiger partial charge in [-0.2, -0.15) is 0 Å². The molecule has 0 heterocycles. The molecule has 0 saturated carbocycles. The topological polar surface area (TPSA) is 91.3 Å². The number of phosphoric acid groups is 1. The van der Waals surface area contributed by atoms with Crippen molar-refractivity contribution in [1.29, 1.82) is 0 Å². The Morgan fingerprint density at radius 2 is 1.04 bits per heavy atom. The van der Waals surface area contributed by atoms with Crippen molar-refractivity contribution >= 4 is 13.8 Å². The van der Waals surface area contributed by atoms with E-state index in [9.17, 15) is 14.3 Å². The maximum absolute atomic E-state index is 12.6. The largest absolute Gasteiger partial charge is 0.498 e. The summed E-state index contributed by atoms with van der Waals surface area (Å²) in [5.74, 6) is -0.348. The first-order valence-electron chi connectivity index (χ1n) is 20.8. The summed E-state index contributed by atoms with van der Waals surface area (Å²) in [5.41, 5.74) is 0. The van der Waals surface area contributed by atoms with E-state index in [2.05, 4.69) is 38.2 Å². The van der Waals surface area contributed by atoms with Crippen LogP contribution in [0.4, 0.5) is 0 Å². The number of phosphoric ester groups is 1. The summed E-state index contributed by atoms with van der Waals surface area (Å²) >= 11 is 0. The Hall–Kier alpha value is -1.44. The highest BCUT2D eigenvalue weighted by Gasteiger charge is 2.26. The third kappa shape index (κ3) is 39.6. The summed E-state index contributed by atoms with van der Waals surface area (Å²) in [4.78, 5) is 22.8. The average Bonchev–Trinajstić information content (AvgIpc) is 3.08. The van der Waals surface area contributed by atoms with Crippen molar-refractivity contribution in [2.24, 2.45) is 0 Å². The van der Waals surface area contributed by atoms with Gasteiger partial charge in [0.15, 0.2) is 6.10 Å². The molecule has 0 aliphatic rings. The van der Waals surface area contributed by atoms with Gasteiger partial charge in [-0.25, -0.2) is 4.57 Å². The van der Waals surface area contributed by atoms with Gasteiger partial charge in [0.1, 0.15) is 19.8 Å². The molecule has 8 nitrogen and oxygen atoms in total. The molecule has 9 heteroatoms. The highest BCUT2D eigenvalue weighted by atomic mass is 31.2. The van der Waals surface area contributed by atoms with Crippen LogP contribution in [0.15, 0.2) is 36.6 Å². The fourth-order valence-electron chi connectivity index (χ4n) is 5.45. The third-order valence-electron chi connectivity index (χ3n) is 8.74. The number of carbonyl (C=O) groups excluding carboxylic acids is 1. The van der Waals surface area contributed by atoms with Crippen LogP contribution in [0.2, 0.25) is 0 Å². The van der Waals surface area contributed by atoms with Crippen molar-refractivity contribution in [3.05, 3.63) is 36.6 Å². The van der Waals surface area contributed by atoms with Gasteiger partial charge in [0, 0.05) is 6.42 Å². The predicted octanol–water partition coefficient (Wildman–Crippen LogP) is 12.2. The van der Waals surface area contributed by atoms with Crippen LogP contribution in [-0.2, 0) is 27.9 Å². The van der Waals surface area contributed by atoms with Gasteiger partial charge < -0.3 is 18.9 Å². The maximum atomic E-state index is 12.6. The van der Waals surface area contributed by atoms with Crippen LogP contribution in [0.5, 0.6) is 0 Å². The van der Waals surface area contributed by atoms with E-state index >= 15 is 0 Å². The fourth-order valence-corrected chi connectivity index (χ4v) is 6.19. The number of hydrogen-bond donors (Lipinski definition) is 1. The second kappa shape index (κ2) is 35.6. The minimum Gasteiger partial charge on any atom is -0.498 e. The molecule has 0 aromatic rings. The van der Waals surface area contributed by atoms with Gasteiger partial charge >= 0.3 is 13.8 Å². The highest BCUT2D eigenvalue weighted by Crippen LogP contribution is 2.43. The monoisotopic (exact) mass is 743 g/mol. The lowest BCUT2D eigenvalue weighted by molar-refractivity contribution is -0.870. The molecule has 0 amide bonds. The molecule has 0 aliphatic heterocycles. The molecule has 0 aromatic heterocycles. The van der Waals surface area contributed by atoms with E-state index in [0.717, 1.165) is 44.9 Å². The number of nitrogens with zero attached hydrogens (tertiary/aromatic N) is 1. The van der Waals surface area contributed by atoms with E-state index in [0.29, 0.717) is 17.4 Å². The Labute approximate surface area is 315 Å². The van der Waals surface area contributed by atoms with Crippen LogP contribution >= 0.6 is 7.82 Å². The van der Waals surface area contributed by atoms with Gasteiger partial charge in [-0.05, 0) is 76.7 Å². The lowest BCUT2D eigenvalue weighted by Crippen LogP contribution is -2.37. The summed E-state index contributed by atoms with van der Waals surface area (Å²) in [5, 5.41) is 0. The lowest BCUT2D eigenvalue weighted by atomic mass is 10.1. The third-order valence-corrected chi connectivity index (χ3v) is 9.72. The maximum Gasteiger partial charge on any atom is 0.472 e. The predicted molar refractivity (Wildman–Crippen MR) is 215 cm³/mol. The van der Waals surface area contributed by atoms with Gasteiger partial charge in [0.25, 0.3) is 0 Å². The number of allylic oxidation sites excluding steroid dienone is 5. The Kier molecular flexibility index (Phi) is 34.6. The van der Waals surface area contributed by atoms with E-state index in [4.69, 9.17) is 18.5 Å². The Morgan fingerprint density at radius 1 is 0.608 bits per heavy atom. The Morgan fingerprint density at radius 3 is 1.51 bits per heavy atom. The van der Waals surface area contributed by atoms with Crippen LogP contribution in [0.1, 0.15) is 174 Å². The van der Waals surface area contributed by atoms with Crippen molar-refractivity contribution in [2.45, 2.75) is 180 Å². The molecule has 2 atom stereocenters. The van der Waals surface area contributed by atoms with Crippen LogP contribution in [0, 0.1) is 0 Å². The molecule has 1 N–H and O–H groups in total. The molecule has 0 radical (unpaired) electrons. The normalized spacial score (nSPS) is 14.2. The molecular formula is C42H81NO7P+. The number of quaternary nitrogens is 1. The summed E-state index contributed by atoms with van der Waals surface area (Å²) in [6.45, 7) is 4.88. The van der Waals surface area contributed by atoms with Crippen molar-refractivity contribution < 1.29 is 37.3 Å². The average molecular weight is 743 g/mol. The quantitative estimate of drug-likeness (QED) is 0.0168. The summed E-state index contributed by atoms with van der Waals surface area (Å²) in [7, 11) is 1.62. The zero-order valence-corrected chi connectivity index (χ0v) is 34.7. The Bertz CT molecular complexity index is 915. The van der Waals surface area contributed by atoms with E-state index < -0.39 is 13.9 Å². The second-order valence-corrected chi connectivity index (χ2v) is 16.5. The molecule has 0 fully saturated rings. The molecule has 0 saturated heterocycles. The molecule has 1 unspecified atom stereocenters. The number of esters is 1. The van der Waals surface area contributed by atoms with Crippen molar-refractivity contribution in [1.82, 2.24) is 0 Å². The zero-order chi connectivity index (χ0) is 37.7. The first kappa shape index (κ1) is 49.6. The van der Waals surface area contributed by atoms with Crippen molar-refractivity contribution in [3.63, 3.8) is 0 Å². The standard InChI is InChI=1S/C42H80NO7P/c1-6-8-10-12-14-16-18-20-21-22-24-26-28-30-32-34-37-47-39-41(40-49-51(45,46)48-38-36-43(3,4)5)50-42(44)35-33-31-29-27-25-23-19-17-15-13-11-9-7-2/h16-19,34,37,41H,6-15,20-33,35-36,38-40H2,1-5H3/p+1/b18-16-,19-17-,37-34-/t41-/m1/s1. The zero-order valence-electron chi connectivity index (χ0n) is 33.8. The van der Waals surface area contributed by atoms with Crippen molar-refractivity contribution in [2.75, 3.05) is 47.5 Å². The second-order valence-electron chi connectivity index (χ2n) is 15.1. The lowest BCUT2D eigenvalue weighted by Gasteiger charge is -2.24. The van der Waals surface area contributed by atoms with Crippen molar-refractivity contribution in [3.8, 4) is 0 Å². The SMILES string of the molecule is CCCCCC/C=C\CCCCCCCC/C=C\OC[C@H](COP(=O)(O)OCC[N+](C)(C)C)OC(=O)CCCCCCC/C=C\CCCCCC. The smallest absolute Gasteiger partial charge is 0.472 e. The van der Waals surface area contributed by atoms with E-state index in [1.807, 2.05) is 27.2 Å². The van der Waals surface area contributed by atoms with Gasteiger partial charge in [-0.1, -0.05) is 122 Å². The first-order chi connectivity index (χ1) is 24.6. The minimum atomic E-state index is -4.29. The van der Waals surface area contributed by atoms with Gasteiger partial charge in [-0.3, -0.25) is 13.8 Å². The number of likely N-dealkylation sites (N-methyl/N-ethyl adjacent to an activating group) is 1. The number of rotatable bonds is 38. The van der Waals surface area contributed by atoms with Gasteiger partial charge in [-0.15, -0.1) is 0 Å². The number of unbranched alkanes of at least 4 members (excludes halogenated alkanes) is 20. The van der Waals surface area contributed by atoms with Crippen LogP contribution in [-0.4, -0.2) is 69.0 Å². The van der Waals surface area contributed by atoms with Crippen LogP contribution in [0.3, 0.4) is 0 Å². The van der Waals surface area contributed by atoms with Crippen LogP contribution < -0.4 is 0 Å². The van der Waals surface area contributed by atoms with Crippen LogP contribution in [0.25, 0.3) is 0 Å². The minimum absolute atomic E-state index is 0.0421. The number of carbonyl (C=O) groups is 1. The molecule has 300 valence electrons. The molecule has 0 bridgehead atoms. The number of ether oxygens (including phenoxy) is 2. The summed E-state index contributed by atoms with van der Waals surface area (Å²) in [6.07, 6.45) is 41.2. The van der Waals surface area contributed by atoms with Gasteiger partial charge in [0.05, 0.1) is 34.0 Å². The van der Waals surface area contributed by atoms with E-state index in [1.165, 1.54) is 109 Å². The molecule has 0 aliphatic carbocycles. The van der Waals surface area contributed by atoms with Gasteiger partial charge in [0.2, 0.25) is 0 Å². The molecule has 0 rings (SSSR count). The summed E-state index contributed by atoms with van der Waals surface area (Å²) in [6, 6.07) is 0.